The maximum atomic E-state index is 5.14. The summed E-state index contributed by atoms with van der Waals surface area (Å²) in [7, 11) is 1.67. The Kier molecular flexibility index (Phi) is 3.66. The maximum Gasteiger partial charge on any atom is 0.118 e. The van der Waals surface area contributed by atoms with Gasteiger partial charge in [-0.3, -0.25) is 0 Å². The highest BCUT2D eigenvalue weighted by Crippen LogP contribution is 2.20. The van der Waals surface area contributed by atoms with Crippen LogP contribution in [-0.4, -0.2) is 7.11 Å². The van der Waals surface area contributed by atoms with Crippen LogP contribution in [0.5, 0.6) is 5.75 Å². The van der Waals surface area contributed by atoms with Crippen molar-refractivity contribution in [2.45, 2.75) is 6.92 Å². The van der Waals surface area contributed by atoms with Crippen molar-refractivity contribution >= 4 is 5.69 Å². The normalized spacial score (nSPS) is 10.3. The molecule has 2 aromatic carbocycles. The molecule has 0 fully saturated rings. The van der Waals surface area contributed by atoms with Crippen molar-refractivity contribution in [1.82, 2.24) is 0 Å². The van der Waals surface area contributed by atoms with Crippen LogP contribution >= 0.6 is 0 Å². The number of anilines is 1. The molecule has 2 rings (SSSR count). The molecular formula is C15H16NO. The van der Waals surface area contributed by atoms with Gasteiger partial charge in [0.15, 0.2) is 0 Å². The molecule has 0 amide bonds. The third-order valence-electron chi connectivity index (χ3n) is 2.63. The minimum atomic E-state index is 0.876. The standard InChI is InChI=1S/C15H16NO/c1-12(16-14-6-4-3-5-7-14)13-8-10-15(17-2)11-9-13/h3-11,16H,1-2H3. The van der Waals surface area contributed by atoms with Crippen molar-refractivity contribution in [2.24, 2.45) is 0 Å². The minimum Gasteiger partial charge on any atom is -0.497 e. The van der Waals surface area contributed by atoms with Gasteiger partial charge in [-0.25, -0.2) is 0 Å². The number of benzene rings is 2. The second-order valence-corrected chi connectivity index (χ2v) is 3.84. The first kappa shape index (κ1) is 11.5. The lowest BCUT2D eigenvalue weighted by atomic mass is 10.1. The van der Waals surface area contributed by atoms with E-state index in [4.69, 9.17) is 4.74 Å². The molecular weight excluding hydrogens is 210 g/mol. The SMILES string of the molecule is COc1ccc([C](C)Nc2ccccc2)cc1. The predicted octanol–water partition coefficient (Wildman–Crippen LogP) is 3.71. The number of ether oxygens (including phenoxy) is 1. The van der Waals surface area contributed by atoms with Gasteiger partial charge < -0.3 is 10.1 Å². The average Bonchev–Trinajstić information content (AvgIpc) is 2.40. The fraction of sp³-hybridized carbons (Fsp3) is 0.133. The van der Waals surface area contributed by atoms with Crippen LogP contribution in [0.2, 0.25) is 0 Å². The molecule has 0 aliphatic heterocycles. The molecule has 17 heavy (non-hydrogen) atoms. The Hall–Kier alpha value is -1.96. The highest BCUT2D eigenvalue weighted by molar-refractivity contribution is 5.50. The largest absolute Gasteiger partial charge is 0.497 e. The second kappa shape index (κ2) is 5.39. The Morgan fingerprint density at radius 3 is 2.18 bits per heavy atom. The van der Waals surface area contributed by atoms with Crippen molar-refractivity contribution in [1.29, 1.82) is 0 Å². The molecule has 0 saturated heterocycles. The Balaban J connectivity index is 2.06. The third-order valence-corrected chi connectivity index (χ3v) is 2.63. The molecule has 0 spiro atoms. The smallest absolute Gasteiger partial charge is 0.118 e. The number of methoxy groups -OCH3 is 1. The molecule has 1 N–H and O–H groups in total. The molecule has 0 aromatic heterocycles. The van der Waals surface area contributed by atoms with Crippen LogP contribution in [0, 0.1) is 6.04 Å². The Bertz CT molecular complexity index is 450. The van der Waals surface area contributed by atoms with Crippen molar-refractivity contribution in [3.05, 3.63) is 66.2 Å². The van der Waals surface area contributed by atoms with Crippen LogP contribution in [0.25, 0.3) is 0 Å². The summed E-state index contributed by atoms with van der Waals surface area (Å²) < 4.78 is 5.14. The van der Waals surface area contributed by atoms with Crippen molar-refractivity contribution < 1.29 is 4.74 Å². The number of hydrogen-bond acceptors (Lipinski definition) is 2. The van der Waals surface area contributed by atoms with E-state index in [9.17, 15) is 0 Å². The van der Waals surface area contributed by atoms with Gasteiger partial charge in [0, 0.05) is 5.69 Å². The van der Waals surface area contributed by atoms with Crippen molar-refractivity contribution in [2.75, 3.05) is 12.4 Å². The molecule has 0 aliphatic rings. The van der Waals surface area contributed by atoms with E-state index in [2.05, 4.69) is 12.2 Å². The van der Waals surface area contributed by atoms with E-state index in [0.717, 1.165) is 23.0 Å². The van der Waals surface area contributed by atoms with E-state index in [1.807, 2.05) is 54.6 Å². The summed E-state index contributed by atoms with van der Waals surface area (Å²) >= 11 is 0. The Morgan fingerprint density at radius 2 is 1.59 bits per heavy atom. The quantitative estimate of drug-likeness (QED) is 0.858. The molecule has 0 saturated carbocycles. The Labute approximate surface area is 102 Å². The van der Waals surface area contributed by atoms with Gasteiger partial charge in [0.2, 0.25) is 0 Å². The molecule has 0 heterocycles. The van der Waals surface area contributed by atoms with Gasteiger partial charge in [0.25, 0.3) is 0 Å². The summed E-state index contributed by atoms with van der Waals surface area (Å²) in [4.78, 5) is 0. The zero-order chi connectivity index (χ0) is 12.1. The lowest BCUT2D eigenvalue weighted by molar-refractivity contribution is 0.414. The molecule has 2 nitrogen and oxygen atoms in total. The number of nitrogens with one attached hydrogen (secondary N) is 1. The number of hydrogen-bond donors (Lipinski definition) is 1. The lowest BCUT2D eigenvalue weighted by Gasteiger charge is -2.14. The first-order valence-corrected chi connectivity index (χ1v) is 5.59. The fourth-order valence-corrected chi connectivity index (χ4v) is 1.65. The highest BCUT2D eigenvalue weighted by atomic mass is 16.5. The number of rotatable bonds is 4. The average molecular weight is 226 g/mol. The van der Waals surface area contributed by atoms with Gasteiger partial charge in [0.1, 0.15) is 5.75 Å². The van der Waals surface area contributed by atoms with E-state index >= 15 is 0 Å². The lowest BCUT2D eigenvalue weighted by Crippen LogP contribution is -2.07. The van der Waals surface area contributed by atoms with Gasteiger partial charge in [0.05, 0.1) is 13.2 Å². The van der Waals surface area contributed by atoms with Gasteiger partial charge >= 0.3 is 0 Å². The minimum absolute atomic E-state index is 0.876. The van der Waals surface area contributed by atoms with Crippen LogP contribution < -0.4 is 10.1 Å². The molecule has 0 bridgehead atoms. The maximum absolute atomic E-state index is 5.14. The van der Waals surface area contributed by atoms with Gasteiger partial charge in [-0.1, -0.05) is 30.3 Å². The van der Waals surface area contributed by atoms with E-state index < -0.39 is 0 Å². The third kappa shape index (κ3) is 3.00. The van der Waals surface area contributed by atoms with Gasteiger partial charge in [-0.15, -0.1) is 0 Å². The summed E-state index contributed by atoms with van der Waals surface area (Å²) in [6.07, 6.45) is 0. The fourth-order valence-electron chi connectivity index (χ4n) is 1.65. The van der Waals surface area contributed by atoms with Crippen molar-refractivity contribution in [3.63, 3.8) is 0 Å². The summed E-state index contributed by atoms with van der Waals surface area (Å²) in [5.74, 6) is 0.876. The van der Waals surface area contributed by atoms with Gasteiger partial charge in [-0.2, -0.15) is 0 Å². The molecule has 0 aliphatic carbocycles. The van der Waals surface area contributed by atoms with Gasteiger partial charge in [-0.05, 0) is 36.8 Å². The first-order valence-electron chi connectivity index (χ1n) is 5.59. The van der Waals surface area contributed by atoms with E-state index in [-0.39, 0.29) is 0 Å². The van der Waals surface area contributed by atoms with E-state index in [0.29, 0.717) is 0 Å². The zero-order valence-corrected chi connectivity index (χ0v) is 10.1. The molecule has 87 valence electrons. The number of para-hydroxylation sites is 1. The highest BCUT2D eigenvalue weighted by Gasteiger charge is 2.05. The summed E-state index contributed by atoms with van der Waals surface area (Å²) in [6, 6.07) is 19.3. The molecule has 0 unspecified atom stereocenters. The topological polar surface area (TPSA) is 21.3 Å². The van der Waals surface area contributed by atoms with Crippen LogP contribution in [0.1, 0.15) is 12.5 Å². The van der Waals surface area contributed by atoms with E-state index in [1.54, 1.807) is 7.11 Å². The first-order chi connectivity index (χ1) is 8.29. The van der Waals surface area contributed by atoms with Crippen LogP contribution in [0.3, 0.4) is 0 Å². The monoisotopic (exact) mass is 226 g/mol. The predicted molar refractivity (Wildman–Crippen MR) is 71.1 cm³/mol. The zero-order valence-electron chi connectivity index (χ0n) is 10.1. The summed E-state index contributed by atoms with van der Waals surface area (Å²) in [6.45, 7) is 2.06. The van der Waals surface area contributed by atoms with Crippen molar-refractivity contribution in [3.8, 4) is 5.75 Å². The molecule has 0 atom stereocenters. The van der Waals surface area contributed by atoms with E-state index in [1.165, 1.54) is 0 Å². The molecule has 1 radical (unpaired) electrons. The van der Waals surface area contributed by atoms with Crippen LogP contribution in [0.15, 0.2) is 54.6 Å². The Morgan fingerprint density at radius 1 is 0.941 bits per heavy atom. The molecule has 2 heteroatoms. The second-order valence-electron chi connectivity index (χ2n) is 3.84. The van der Waals surface area contributed by atoms with Crippen LogP contribution in [-0.2, 0) is 0 Å². The summed E-state index contributed by atoms with van der Waals surface area (Å²) in [5, 5.41) is 3.37. The molecule has 2 aromatic rings. The van der Waals surface area contributed by atoms with Crippen LogP contribution in [0.4, 0.5) is 5.69 Å². The summed E-state index contributed by atoms with van der Waals surface area (Å²) in [5.41, 5.74) is 2.26.